The molecule has 2 N–H and O–H groups in total. The van der Waals surface area contributed by atoms with Gasteiger partial charge >= 0.3 is 0 Å². The normalized spacial score (nSPS) is 10.4. The molecule has 3 nitrogen and oxygen atoms in total. The highest BCUT2D eigenvalue weighted by Gasteiger charge is 2.09. The Kier molecular flexibility index (Phi) is 4.30. The summed E-state index contributed by atoms with van der Waals surface area (Å²) in [5.41, 5.74) is 10.3. The van der Waals surface area contributed by atoms with Gasteiger partial charge in [0.1, 0.15) is 17.2 Å². The molecule has 0 spiro atoms. The van der Waals surface area contributed by atoms with Crippen molar-refractivity contribution in [1.29, 1.82) is 0 Å². The molecular formula is C17H21NO2. The predicted octanol–water partition coefficient (Wildman–Crippen LogP) is 3.87. The molecule has 0 radical (unpaired) electrons. The number of benzene rings is 2. The molecular weight excluding hydrogens is 250 g/mol. The maximum Gasteiger partial charge on any atom is 0.135 e. The van der Waals surface area contributed by atoms with Crippen molar-refractivity contribution in [2.75, 3.05) is 7.11 Å². The molecule has 0 aliphatic rings. The molecule has 3 heteroatoms. The van der Waals surface area contributed by atoms with E-state index < -0.39 is 0 Å². The lowest BCUT2D eigenvalue weighted by atomic mass is 10.1. The summed E-state index contributed by atoms with van der Waals surface area (Å²) in [4.78, 5) is 0. The average Bonchev–Trinajstić information content (AvgIpc) is 2.44. The first-order valence-electron chi connectivity index (χ1n) is 6.68. The van der Waals surface area contributed by atoms with Gasteiger partial charge < -0.3 is 15.2 Å². The zero-order valence-electron chi connectivity index (χ0n) is 12.5. The number of rotatable bonds is 4. The van der Waals surface area contributed by atoms with Gasteiger partial charge in [0.25, 0.3) is 0 Å². The molecule has 0 fully saturated rings. The fourth-order valence-electron chi connectivity index (χ4n) is 2.15. The third-order valence-electron chi connectivity index (χ3n) is 3.48. The van der Waals surface area contributed by atoms with Gasteiger partial charge in [0.15, 0.2) is 0 Å². The number of methoxy groups -OCH3 is 1. The minimum atomic E-state index is 0.434. The van der Waals surface area contributed by atoms with Crippen molar-refractivity contribution in [2.24, 2.45) is 5.73 Å². The summed E-state index contributed by atoms with van der Waals surface area (Å²) in [6.07, 6.45) is 0. The van der Waals surface area contributed by atoms with E-state index in [0.717, 1.165) is 28.4 Å². The summed E-state index contributed by atoms with van der Waals surface area (Å²) in [6.45, 7) is 6.65. The van der Waals surface area contributed by atoms with Gasteiger partial charge in [0, 0.05) is 18.2 Å². The minimum absolute atomic E-state index is 0.434. The van der Waals surface area contributed by atoms with Gasteiger partial charge in [-0.3, -0.25) is 0 Å². The molecule has 0 aliphatic heterocycles. The smallest absolute Gasteiger partial charge is 0.135 e. The molecule has 2 aromatic rings. The minimum Gasteiger partial charge on any atom is -0.497 e. The molecule has 0 saturated carbocycles. The molecule has 2 rings (SSSR count). The van der Waals surface area contributed by atoms with Crippen LogP contribution in [-0.4, -0.2) is 7.11 Å². The molecule has 0 saturated heterocycles. The highest BCUT2D eigenvalue weighted by atomic mass is 16.5. The van der Waals surface area contributed by atoms with Gasteiger partial charge in [-0.2, -0.15) is 0 Å². The number of nitrogens with two attached hydrogens (primary N) is 1. The summed E-state index contributed by atoms with van der Waals surface area (Å²) < 4.78 is 11.3. The number of aryl methyl sites for hydroxylation is 2. The fourth-order valence-corrected chi connectivity index (χ4v) is 2.15. The standard InChI is InChI=1S/C17H21NO2/c1-11-7-12(2)13(3)16(8-11)20-17-9-15(19-4)6-5-14(17)10-18/h5-9H,10,18H2,1-4H3. The SMILES string of the molecule is COc1ccc(CN)c(Oc2cc(C)cc(C)c2C)c1. The highest BCUT2D eigenvalue weighted by Crippen LogP contribution is 2.32. The van der Waals surface area contributed by atoms with E-state index in [4.69, 9.17) is 15.2 Å². The monoisotopic (exact) mass is 271 g/mol. The Balaban J connectivity index is 2.43. The Hall–Kier alpha value is -2.00. The fraction of sp³-hybridized carbons (Fsp3) is 0.294. The molecule has 2 aromatic carbocycles. The van der Waals surface area contributed by atoms with Gasteiger partial charge in [-0.15, -0.1) is 0 Å². The van der Waals surface area contributed by atoms with Gasteiger partial charge in [0.05, 0.1) is 7.11 Å². The molecule has 20 heavy (non-hydrogen) atoms. The van der Waals surface area contributed by atoms with Crippen LogP contribution in [0.2, 0.25) is 0 Å². The van der Waals surface area contributed by atoms with Crippen LogP contribution in [0, 0.1) is 20.8 Å². The topological polar surface area (TPSA) is 44.5 Å². The van der Waals surface area contributed by atoms with Gasteiger partial charge in [-0.05, 0) is 49.6 Å². The number of hydrogen-bond donors (Lipinski definition) is 1. The zero-order valence-corrected chi connectivity index (χ0v) is 12.5. The van der Waals surface area contributed by atoms with E-state index in [1.165, 1.54) is 11.1 Å². The first-order chi connectivity index (χ1) is 9.55. The Morgan fingerprint density at radius 3 is 2.40 bits per heavy atom. The summed E-state index contributed by atoms with van der Waals surface area (Å²) in [6, 6.07) is 9.90. The summed E-state index contributed by atoms with van der Waals surface area (Å²) in [7, 11) is 1.64. The van der Waals surface area contributed by atoms with E-state index in [1.807, 2.05) is 24.3 Å². The number of hydrogen-bond acceptors (Lipinski definition) is 3. The van der Waals surface area contributed by atoms with Crippen molar-refractivity contribution in [3.8, 4) is 17.2 Å². The predicted molar refractivity (Wildman–Crippen MR) is 81.6 cm³/mol. The van der Waals surface area contributed by atoms with E-state index in [9.17, 15) is 0 Å². The van der Waals surface area contributed by atoms with Crippen LogP contribution in [0.15, 0.2) is 30.3 Å². The van der Waals surface area contributed by atoms with Crippen LogP contribution in [0.4, 0.5) is 0 Å². The average molecular weight is 271 g/mol. The van der Waals surface area contributed by atoms with Crippen LogP contribution in [0.25, 0.3) is 0 Å². The highest BCUT2D eigenvalue weighted by molar-refractivity contribution is 5.48. The lowest BCUT2D eigenvalue weighted by Gasteiger charge is -2.15. The van der Waals surface area contributed by atoms with Crippen LogP contribution in [-0.2, 0) is 6.54 Å². The van der Waals surface area contributed by atoms with Crippen molar-refractivity contribution < 1.29 is 9.47 Å². The van der Waals surface area contributed by atoms with Crippen molar-refractivity contribution in [1.82, 2.24) is 0 Å². The van der Waals surface area contributed by atoms with Crippen molar-refractivity contribution in [2.45, 2.75) is 27.3 Å². The zero-order chi connectivity index (χ0) is 14.7. The second kappa shape index (κ2) is 5.97. The van der Waals surface area contributed by atoms with Crippen molar-refractivity contribution in [3.63, 3.8) is 0 Å². The largest absolute Gasteiger partial charge is 0.497 e. The Bertz CT molecular complexity index is 621. The van der Waals surface area contributed by atoms with E-state index >= 15 is 0 Å². The van der Waals surface area contributed by atoms with E-state index in [2.05, 4.69) is 26.8 Å². The lowest BCUT2D eigenvalue weighted by Crippen LogP contribution is -2.01. The maximum atomic E-state index is 6.08. The van der Waals surface area contributed by atoms with E-state index in [-0.39, 0.29) is 0 Å². The lowest BCUT2D eigenvalue weighted by molar-refractivity contribution is 0.407. The van der Waals surface area contributed by atoms with Gasteiger partial charge in [0.2, 0.25) is 0 Å². The van der Waals surface area contributed by atoms with Crippen LogP contribution in [0.3, 0.4) is 0 Å². The maximum absolute atomic E-state index is 6.08. The number of ether oxygens (including phenoxy) is 2. The van der Waals surface area contributed by atoms with Crippen molar-refractivity contribution >= 4 is 0 Å². The molecule has 106 valence electrons. The van der Waals surface area contributed by atoms with Gasteiger partial charge in [-0.25, -0.2) is 0 Å². The third kappa shape index (κ3) is 2.94. The molecule has 0 atom stereocenters. The molecule has 0 heterocycles. The summed E-state index contributed by atoms with van der Waals surface area (Å²) >= 11 is 0. The Morgan fingerprint density at radius 2 is 1.75 bits per heavy atom. The van der Waals surface area contributed by atoms with E-state index in [1.54, 1.807) is 7.11 Å². The van der Waals surface area contributed by atoms with Gasteiger partial charge in [-0.1, -0.05) is 12.1 Å². The van der Waals surface area contributed by atoms with E-state index in [0.29, 0.717) is 6.54 Å². The summed E-state index contributed by atoms with van der Waals surface area (Å²) in [5, 5.41) is 0. The first kappa shape index (κ1) is 14.4. The third-order valence-corrected chi connectivity index (χ3v) is 3.48. The van der Waals surface area contributed by atoms with Crippen LogP contribution >= 0.6 is 0 Å². The quantitative estimate of drug-likeness (QED) is 0.918. The van der Waals surface area contributed by atoms with Crippen LogP contribution in [0.5, 0.6) is 17.2 Å². The van der Waals surface area contributed by atoms with Crippen LogP contribution in [0.1, 0.15) is 22.3 Å². The molecule has 0 aromatic heterocycles. The van der Waals surface area contributed by atoms with Crippen molar-refractivity contribution in [3.05, 3.63) is 52.6 Å². The summed E-state index contributed by atoms with van der Waals surface area (Å²) in [5.74, 6) is 2.38. The first-order valence-corrected chi connectivity index (χ1v) is 6.68. The molecule has 0 aliphatic carbocycles. The second-order valence-electron chi connectivity index (χ2n) is 4.98. The Labute approximate surface area is 120 Å². The Morgan fingerprint density at radius 1 is 1.00 bits per heavy atom. The molecule has 0 amide bonds. The molecule has 0 bridgehead atoms. The molecule has 0 unspecified atom stereocenters. The second-order valence-corrected chi connectivity index (χ2v) is 4.98. The van der Waals surface area contributed by atoms with Crippen LogP contribution < -0.4 is 15.2 Å².